The molecule has 0 bridgehead atoms. The zero-order valence-corrected chi connectivity index (χ0v) is 16.0. The molecule has 0 saturated carbocycles. The van der Waals surface area contributed by atoms with Crippen molar-refractivity contribution < 1.29 is 13.2 Å². The van der Waals surface area contributed by atoms with E-state index in [1.54, 1.807) is 51.4 Å². The van der Waals surface area contributed by atoms with Gasteiger partial charge in [0, 0.05) is 31.0 Å². The number of rotatable bonds is 5. The highest BCUT2D eigenvalue weighted by Gasteiger charge is 2.12. The van der Waals surface area contributed by atoms with E-state index in [9.17, 15) is 18.0 Å². The van der Waals surface area contributed by atoms with Gasteiger partial charge in [-0.2, -0.15) is 0 Å². The molecule has 0 fully saturated rings. The molecular weight excluding hydrogens is 368 g/mol. The number of aryl methyl sites for hydroxylation is 2. The highest BCUT2D eigenvalue weighted by Crippen LogP contribution is 2.19. The van der Waals surface area contributed by atoms with Crippen molar-refractivity contribution in [3.8, 4) is 0 Å². The van der Waals surface area contributed by atoms with Gasteiger partial charge in [0.15, 0.2) is 0 Å². The summed E-state index contributed by atoms with van der Waals surface area (Å²) in [7, 11) is 0.00366. The van der Waals surface area contributed by atoms with Crippen LogP contribution in [0.2, 0.25) is 0 Å². The molecule has 0 aliphatic heterocycles. The molecule has 9 heteroatoms. The summed E-state index contributed by atoms with van der Waals surface area (Å²) in [5.74, 6) is -0.361. The maximum absolute atomic E-state index is 12.4. The topological polar surface area (TPSA) is 102 Å². The van der Waals surface area contributed by atoms with Gasteiger partial charge < -0.3 is 5.32 Å². The Hall–Kier alpha value is -3.07. The molecule has 0 radical (unpaired) electrons. The second-order valence-electron chi connectivity index (χ2n) is 6.14. The van der Waals surface area contributed by atoms with Crippen molar-refractivity contribution in [2.24, 2.45) is 14.1 Å². The lowest BCUT2D eigenvalue weighted by molar-refractivity contribution is 0.102. The SMILES string of the molecule is CCS(=O)(=O)Nc1ccc(C(=O)Nc2ccc3c(c2)n(C)c(=O)n3C)cc1. The van der Waals surface area contributed by atoms with E-state index in [0.29, 0.717) is 22.5 Å². The van der Waals surface area contributed by atoms with Crippen molar-refractivity contribution in [3.63, 3.8) is 0 Å². The summed E-state index contributed by atoms with van der Waals surface area (Å²) in [6.07, 6.45) is 0. The van der Waals surface area contributed by atoms with Crippen LogP contribution in [0, 0.1) is 0 Å². The number of imidazole rings is 1. The highest BCUT2D eigenvalue weighted by atomic mass is 32.2. The number of fused-ring (bicyclic) bond motifs is 1. The monoisotopic (exact) mass is 388 g/mol. The van der Waals surface area contributed by atoms with Gasteiger partial charge in [-0.1, -0.05) is 0 Å². The highest BCUT2D eigenvalue weighted by molar-refractivity contribution is 7.92. The lowest BCUT2D eigenvalue weighted by Gasteiger charge is -2.08. The molecule has 1 amide bonds. The van der Waals surface area contributed by atoms with Crippen molar-refractivity contribution in [3.05, 3.63) is 58.5 Å². The Morgan fingerprint density at radius 2 is 1.56 bits per heavy atom. The molecule has 0 unspecified atom stereocenters. The normalized spacial score (nSPS) is 11.5. The lowest BCUT2D eigenvalue weighted by Crippen LogP contribution is -2.19. The fourth-order valence-electron chi connectivity index (χ4n) is 2.73. The molecule has 2 aromatic carbocycles. The number of hydrogen-bond donors (Lipinski definition) is 2. The zero-order valence-electron chi connectivity index (χ0n) is 15.2. The largest absolute Gasteiger partial charge is 0.328 e. The van der Waals surface area contributed by atoms with Crippen molar-refractivity contribution in [2.45, 2.75) is 6.92 Å². The molecule has 1 heterocycles. The van der Waals surface area contributed by atoms with Gasteiger partial charge in [-0.15, -0.1) is 0 Å². The van der Waals surface area contributed by atoms with Crippen LogP contribution >= 0.6 is 0 Å². The average molecular weight is 388 g/mol. The maximum Gasteiger partial charge on any atom is 0.328 e. The molecule has 27 heavy (non-hydrogen) atoms. The number of carbonyl (C=O) groups excluding carboxylic acids is 1. The number of nitrogens with zero attached hydrogens (tertiary/aromatic N) is 2. The molecule has 142 valence electrons. The first-order valence-electron chi connectivity index (χ1n) is 8.29. The Kier molecular flexibility index (Phi) is 4.79. The van der Waals surface area contributed by atoms with Crippen LogP contribution in [0.5, 0.6) is 0 Å². The Bertz CT molecular complexity index is 1170. The first-order chi connectivity index (χ1) is 12.7. The van der Waals surface area contributed by atoms with Gasteiger partial charge in [-0.3, -0.25) is 18.7 Å². The van der Waals surface area contributed by atoms with Gasteiger partial charge in [-0.05, 0) is 49.4 Å². The number of carbonyl (C=O) groups is 1. The molecule has 0 aliphatic rings. The average Bonchev–Trinajstić information content (AvgIpc) is 2.86. The summed E-state index contributed by atoms with van der Waals surface area (Å²) in [6.45, 7) is 1.55. The number of aromatic nitrogens is 2. The first-order valence-corrected chi connectivity index (χ1v) is 9.94. The van der Waals surface area contributed by atoms with Crippen LogP contribution in [0.4, 0.5) is 11.4 Å². The molecule has 2 N–H and O–H groups in total. The molecule has 0 atom stereocenters. The predicted octanol–water partition coefficient (Wildman–Crippen LogP) is 1.89. The smallest absolute Gasteiger partial charge is 0.322 e. The van der Waals surface area contributed by atoms with Crippen LogP contribution in [0.15, 0.2) is 47.3 Å². The fraction of sp³-hybridized carbons (Fsp3) is 0.222. The van der Waals surface area contributed by atoms with E-state index >= 15 is 0 Å². The minimum absolute atomic E-state index is 0.0281. The van der Waals surface area contributed by atoms with Crippen molar-refractivity contribution >= 4 is 38.3 Å². The number of sulfonamides is 1. The van der Waals surface area contributed by atoms with Crippen LogP contribution in [0.1, 0.15) is 17.3 Å². The van der Waals surface area contributed by atoms with Crippen LogP contribution in [0.3, 0.4) is 0 Å². The Morgan fingerprint density at radius 1 is 0.963 bits per heavy atom. The van der Waals surface area contributed by atoms with E-state index in [2.05, 4.69) is 10.0 Å². The van der Waals surface area contributed by atoms with Crippen LogP contribution in [-0.4, -0.2) is 29.2 Å². The molecule has 0 spiro atoms. The van der Waals surface area contributed by atoms with E-state index in [1.807, 2.05) is 0 Å². The molecule has 3 rings (SSSR count). The number of anilines is 2. The van der Waals surface area contributed by atoms with Crippen LogP contribution < -0.4 is 15.7 Å². The van der Waals surface area contributed by atoms with E-state index in [-0.39, 0.29) is 17.3 Å². The summed E-state index contributed by atoms with van der Waals surface area (Å²) in [4.78, 5) is 24.4. The minimum Gasteiger partial charge on any atom is -0.322 e. The molecule has 3 aromatic rings. The van der Waals surface area contributed by atoms with E-state index < -0.39 is 10.0 Å². The van der Waals surface area contributed by atoms with Crippen molar-refractivity contribution in [2.75, 3.05) is 15.8 Å². The lowest BCUT2D eigenvalue weighted by atomic mass is 10.2. The van der Waals surface area contributed by atoms with Crippen LogP contribution in [0.25, 0.3) is 11.0 Å². The summed E-state index contributed by atoms with van der Waals surface area (Å²) in [6, 6.07) is 11.4. The van der Waals surface area contributed by atoms with Crippen LogP contribution in [-0.2, 0) is 24.1 Å². The fourth-order valence-corrected chi connectivity index (χ4v) is 3.37. The predicted molar refractivity (Wildman–Crippen MR) is 106 cm³/mol. The number of hydrogen-bond acceptors (Lipinski definition) is 4. The van der Waals surface area contributed by atoms with Gasteiger partial charge >= 0.3 is 5.69 Å². The number of nitrogens with one attached hydrogen (secondary N) is 2. The van der Waals surface area contributed by atoms with E-state index in [1.165, 1.54) is 21.3 Å². The van der Waals surface area contributed by atoms with E-state index in [4.69, 9.17) is 0 Å². The molecule has 8 nitrogen and oxygen atoms in total. The molecule has 0 saturated heterocycles. The summed E-state index contributed by atoms with van der Waals surface area (Å²) in [5.41, 5.74) is 2.69. The Balaban J connectivity index is 1.80. The second-order valence-corrected chi connectivity index (χ2v) is 8.15. The summed E-state index contributed by atoms with van der Waals surface area (Å²) < 4.78 is 28.6. The zero-order chi connectivity index (χ0) is 19.8. The minimum atomic E-state index is -3.36. The van der Waals surface area contributed by atoms with Gasteiger partial charge in [0.1, 0.15) is 0 Å². The Morgan fingerprint density at radius 3 is 2.19 bits per heavy atom. The maximum atomic E-state index is 12.4. The Labute approximate surface area is 156 Å². The summed E-state index contributed by atoms with van der Waals surface area (Å²) >= 11 is 0. The second kappa shape index (κ2) is 6.92. The van der Waals surface area contributed by atoms with Gasteiger partial charge in [0.25, 0.3) is 5.91 Å². The third-order valence-electron chi connectivity index (χ3n) is 4.33. The quantitative estimate of drug-likeness (QED) is 0.697. The standard InChI is InChI=1S/C18H20N4O4S/c1-4-27(25,26)20-13-7-5-12(6-8-13)17(23)19-14-9-10-15-16(11-14)22(3)18(24)21(15)2/h5-11,20H,4H2,1-3H3,(H,19,23). The molecular formula is C18H20N4O4S. The van der Waals surface area contributed by atoms with E-state index in [0.717, 1.165) is 5.52 Å². The molecule has 1 aromatic heterocycles. The number of benzene rings is 2. The van der Waals surface area contributed by atoms with Crippen molar-refractivity contribution in [1.29, 1.82) is 0 Å². The van der Waals surface area contributed by atoms with Gasteiger partial charge in [0.05, 0.1) is 16.8 Å². The third kappa shape index (κ3) is 3.72. The van der Waals surface area contributed by atoms with Gasteiger partial charge in [0.2, 0.25) is 10.0 Å². The van der Waals surface area contributed by atoms with Crippen molar-refractivity contribution in [1.82, 2.24) is 9.13 Å². The number of amides is 1. The summed E-state index contributed by atoms with van der Waals surface area (Å²) in [5, 5.41) is 2.78. The third-order valence-corrected chi connectivity index (χ3v) is 5.64. The van der Waals surface area contributed by atoms with Gasteiger partial charge in [-0.25, -0.2) is 13.2 Å². The first kappa shape index (κ1) is 18.7. The molecule has 0 aliphatic carbocycles.